The Labute approximate surface area is 150 Å². The van der Waals surface area contributed by atoms with Crippen LogP contribution in [0, 0.1) is 17.8 Å². The van der Waals surface area contributed by atoms with Gasteiger partial charge in [0.2, 0.25) is 0 Å². The molecule has 2 aliphatic carbocycles. The van der Waals surface area contributed by atoms with E-state index in [1.165, 1.54) is 42.7 Å². The van der Waals surface area contributed by atoms with Crippen LogP contribution in [-0.4, -0.2) is 10.2 Å². The number of hydrogen-bond acceptors (Lipinski definition) is 3. The number of thioether (sulfide) groups is 1. The third-order valence-corrected chi connectivity index (χ3v) is 8.69. The Morgan fingerprint density at radius 1 is 1.08 bits per heavy atom. The van der Waals surface area contributed by atoms with Crippen LogP contribution in [0.1, 0.15) is 41.2 Å². The van der Waals surface area contributed by atoms with Gasteiger partial charge in [-0.2, -0.15) is 13.2 Å². The Hall–Kier alpha value is -1.21. The number of alkyl halides is 3. The highest BCUT2D eigenvalue weighted by atomic mass is 32.2. The summed E-state index contributed by atoms with van der Waals surface area (Å²) in [5, 5.41) is 1.41. The number of benzene rings is 1. The van der Waals surface area contributed by atoms with Crippen LogP contribution >= 0.6 is 23.1 Å². The second-order valence-electron chi connectivity index (χ2n) is 7.30. The van der Waals surface area contributed by atoms with Gasteiger partial charge in [-0.25, -0.2) is 0 Å². The van der Waals surface area contributed by atoms with Crippen molar-refractivity contribution in [3.8, 4) is 0 Å². The molecule has 2 aromatic rings. The van der Waals surface area contributed by atoms with Crippen LogP contribution in [0.4, 0.5) is 13.2 Å². The van der Waals surface area contributed by atoms with Gasteiger partial charge in [0.1, 0.15) is 0 Å². The van der Waals surface area contributed by atoms with Crippen LogP contribution in [0.15, 0.2) is 34.1 Å². The van der Waals surface area contributed by atoms with Crippen LogP contribution in [0.25, 0.3) is 0 Å². The zero-order valence-electron chi connectivity index (χ0n) is 13.2. The fourth-order valence-corrected chi connectivity index (χ4v) is 8.00. The molecule has 1 N–H and O–H groups in total. The van der Waals surface area contributed by atoms with E-state index in [4.69, 9.17) is 0 Å². The molecule has 2 nitrogen and oxygen atoms in total. The fraction of sp³-hybridized carbons (Fsp3) is 0.500. The molecule has 0 saturated heterocycles. The number of aromatic amines is 1. The first-order valence-electron chi connectivity index (χ1n) is 8.48. The number of H-pyrrole nitrogens is 1. The van der Waals surface area contributed by atoms with Crippen molar-refractivity contribution in [3.05, 3.63) is 49.9 Å². The molecule has 1 aliphatic heterocycles. The first-order valence-corrected chi connectivity index (χ1v) is 10.2. The predicted molar refractivity (Wildman–Crippen MR) is 92.2 cm³/mol. The minimum absolute atomic E-state index is 0.0442. The molecule has 3 aliphatic rings. The van der Waals surface area contributed by atoms with E-state index >= 15 is 0 Å². The van der Waals surface area contributed by atoms with Crippen LogP contribution < -0.4 is 4.87 Å². The Kier molecular flexibility index (Phi) is 3.45. The maximum atomic E-state index is 12.9. The molecule has 5 atom stereocenters. The molecule has 25 heavy (non-hydrogen) atoms. The van der Waals surface area contributed by atoms with Crippen molar-refractivity contribution in [3.63, 3.8) is 0 Å². The van der Waals surface area contributed by atoms with Crippen LogP contribution in [0.2, 0.25) is 0 Å². The summed E-state index contributed by atoms with van der Waals surface area (Å²) in [5.74, 6) is 1.77. The topological polar surface area (TPSA) is 32.9 Å². The van der Waals surface area contributed by atoms with Crippen molar-refractivity contribution in [2.24, 2.45) is 17.8 Å². The number of nitrogens with one attached hydrogen (secondary N) is 1. The highest BCUT2D eigenvalue weighted by Crippen LogP contribution is 2.63. The summed E-state index contributed by atoms with van der Waals surface area (Å²) in [6.07, 6.45) is -0.654. The zero-order chi connectivity index (χ0) is 17.3. The Morgan fingerprint density at radius 2 is 1.80 bits per heavy atom. The first kappa shape index (κ1) is 16.0. The molecule has 0 unspecified atom stereocenters. The van der Waals surface area contributed by atoms with E-state index in [9.17, 15) is 18.0 Å². The van der Waals surface area contributed by atoms with E-state index in [1.54, 1.807) is 23.9 Å². The minimum Gasteiger partial charge on any atom is -0.307 e. The van der Waals surface area contributed by atoms with Gasteiger partial charge in [0.05, 0.1) is 10.6 Å². The van der Waals surface area contributed by atoms with Gasteiger partial charge in [-0.15, -0.1) is 11.8 Å². The number of rotatable bonds is 1. The summed E-state index contributed by atoms with van der Waals surface area (Å²) in [6.45, 7) is 0. The second-order valence-corrected chi connectivity index (χ2v) is 9.50. The second kappa shape index (κ2) is 5.39. The van der Waals surface area contributed by atoms with E-state index in [1.807, 2.05) is 0 Å². The highest BCUT2D eigenvalue weighted by Gasteiger charge is 2.54. The zero-order valence-corrected chi connectivity index (χ0v) is 14.8. The molecule has 2 heterocycles. The van der Waals surface area contributed by atoms with Gasteiger partial charge >= 0.3 is 11.0 Å². The summed E-state index contributed by atoms with van der Waals surface area (Å²) in [4.78, 5) is 15.8. The van der Waals surface area contributed by atoms with Crippen molar-refractivity contribution in [2.75, 3.05) is 0 Å². The molecular weight excluding hydrogens is 367 g/mol. The Morgan fingerprint density at radius 3 is 2.52 bits per heavy atom. The third kappa shape index (κ3) is 2.42. The van der Waals surface area contributed by atoms with Crippen molar-refractivity contribution in [1.82, 2.24) is 4.98 Å². The van der Waals surface area contributed by atoms with Crippen molar-refractivity contribution in [1.29, 1.82) is 0 Å². The maximum Gasteiger partial charge on any atom is 0.416 e. The van der Waals surface area contributed by atoms with Crippen molar-refractivity contribution in [2.45, 2.75) is 41.6 Å². The lowest BCUT2D eigenvalue weighted by molar-refractivity contribution is -0.137. The standard InChI is InChI=1S/C18H16F3NOS2/c19-18(20,21)11-5-3-8(4-6-11)12-13-9-1-2-10(7-9)14(13)24-16-15(12)25-17(23)22-16/h3-6,9-10,12-14H,1-2,7H2,(H,22,23)/t9-,10-,12+,13+,14+/m0/s1. The van der Waals surface area contributed by atoms with Gasteiger partial charge in [0.15, 0.2) is 0 Å². The van der Waals surface area contributed by atoms with Crippen LogP contribution in [-0.2, 0) is 6.18 Å². The Balaban J connectivity index is 1.61. The monoisotopic (exact) mass is 383 g/mol. The van der Waals surface area contributed by atoms with Gasteiger partial charge in [0.25, 0.3) is 0 Å². The average Bonchev–Trinajstić information content (AvgIpc) is 3.25. The minimum atomic E-state index is -4.32. The molecule has 7 heteroatoms. The quantitative estimate of drug-likeness (QED) is 0.742. The predicted octanol–water partition coefficient (Wildman–Crippen LogP) is 5.11. The number of thiazole rings is 1. The number of fused-ring (bicyclic) bond motifs is 6. The van der Waals surface area contributed by atoms with E-state index in [0.717, 1.165) is 15.5 Å². The largest absolute Gasteiger partial charge is 0.416 e. The van der Waals surface area contributed by atoms with Crippen LogP contribution in [0.3, 0.4) is 0 Å². The lowest BCUT2D eigenvalue weighted by Crippen LogP contribution is -2.33. The summed E-state index contributed by atoms with van der Waals surface area (Å²) < 4.78 is 38.7. The molecular formula is C18H16F3NOS2. The normalized spacial score (nSPS) is 33.3. The van der Waals surface area contributed by atoms with Gasteiger partial charge in [-0.3, -0.25) is 4.79 Å². The molecule has 5 rings (SSSR count). The first-order chi connectivity index (χ1) is 11.9. The maximum absolute atomic E-state index is 12.9. The lowest BCUT2D eigenvalue weighted by Gasteiger charge is -2.40. The van der Waals surface area contributed by atoms with Crippen molar-refractivity contribution < 1.29 is 13.2 Å². The lowest BCUT2D eigenvalue weighted by atomic mass is 9.75. The molecule has 0 spiro atoms. The number of hydrogen-bond donors (Lipinski definition) is 1. The molecule has 1 aromatic carbocycles. The van der Waals surface area contributed by atoms with E-state index in [-0.39, 0.29) is 10.8 Å². The van der Waals surface area contributed by atoms with E-state index in [0.29, 0.717) is 23.0 Å². The Bertz CT molecular complexity index is 870. The average molecular weight is 383 g/mol. The number of aromatic nitrogens is 1. The molecule has 0 amide bonds. The highest BCUT2D eigenvalue weighted by molar-refractivity contribution is 8.00. The van der Waals surface area contributed by atoms with Crippen molar-refractivity contribution >= 4 is 23.1 Å². The molecule has 0 radical (unpaired) electrons. The smallest absolute Gasteiger partial charge is 0.307 e. The van der Waals surface area contributed by atoms with Gasteiger partial charge in [-0.1, -0.05) is 23.5 Å². The van der Waals surface area contributed by atoms with Gasteiger partial charge in [-0.05, 0) is 54.7 Å². The number of halogens is 3. The summed E-state index contributed by atoms with van der Waals surface area (Å²) in [5.41, 5.74) is 0.292. The molecule has 2 saturated carbocycles. The molecule has 2 bridgehead atoms. The van der Waals surface area contributed by atoms with Gasteiger partial charge in [0, 0.05) is 16.0 Å². The molecule has 1 aromatic heterocycles. The SMILES string of the molecule is O=c1[nH]c2c(s1)[C@H](c1ccc(C(F)(F)F)cc1)[C@H]1[C@H]3CC[C@@H](C3)[C@H]1S2. The molecule has 132 valence electrons. The fourth-order valence-electron chi connectivity index (χ4n) is 5.10. The summed E-state index contributed by atoms with van der Waals surface area (Å²) >= 11 is 3.02. The molecule has 2 fully saturated rings. The van der Waals surface area contributed by atoms with E-state index in [2.05, 4.69) is 4.98 Å². The third-order valence-electron chi connectivity index (χ3n) is 6.06. The summed E-state index contributed by atoms with van der Waals surface area (Å²) in [6, 6.07) is 5.57. The van der Waals surface area contributed by atoms with Crippen LogP contribution in [0.5, 0.6) is 0 Å². The van der Waals surface area contributed by atoms with E-state index < -0.39 is 11.7 Å². The summed E-state index contributed by atoms with van der Waals surface area (Å²) in [7, 11) is 0. The van der Waals surface area contributed by atoms with Gasteiger partial charge < -0.3 is 4.98 Å².